The van der Waals surface area contributed by atoms with E-state index in [1.807, 2.05) is 68.4 Å². The highest BCUT2D eigenvalue weighted by Crippen LogP contribution is 2.46. The molecule has 1 atom stereocenters. The number of ketones is 1. The summed E-state index contributed by atoms with van der Waals surface area (Å²) in [6.07, 6.45) is 0. The number of aromatic nitrogens is 1. The minimum atomic E-state index is -0.914. The molecule has 2 heterocycles. The van der Waals surface area contributed by atoms with E-state index < -0.39 is 17.7 Å². The Kier molecular flexibility index (Phi) is 6.54. The molecule has 1 aliphatic heterocycles. The van der Waals surface area contributed by atoms with Crippen LogP contribution in [-0.4, -0.2) is 50.1 Å². The van der Waals surface area contributed by atoms with Gasteiger partial charge in [0.15, 0.2) is 5.13 Å². The van der Waals surface area contributed by atoms with Gasteiger partial charge in [-0.05, 0) is 54.4 Å². The summed E-state index contributed by atoms with van der Waals surface area (Å²) in [6.45, 7) is 1.98. The van der Waals surface area contributed by atoms with Gasteiger partial charge in [-0.15, -0.1) is 0 Å². The molecule has 1 aromatic heterocycles. The third-order valence-electron chi connectivity index (χ3n) is 6.57. The van der Waals surface area contributed by atoms with Crippen molar-refractivity contribution in [1.82, 2.24) is 4.98 Å². The van der Waals surface area contributed by atoms with E-state index in [-0.39, 0.29) is 16.9 Å². The molecule has 1 aliphatic rings. The Hall–Kier alpha value is -4.37. The molecule has 0 saturated carbocycles. The molecule has 0 spiro atoms. The maximum absolute atomic E-state index is 13.6. The van der Waals surface area contributed by atoms with Crippen LogP contribution < -0.4 is 19.3 Å². The zero-order chi connectivity index (χ0) is 27.1. The Bertz CT molecular complexity index is 1570. The number of aliphatic hydroxyl groups excluding tert-OH is 1. The van der Waals surface area contributed by atoms with Crippen molar-refractivity contribution >= 4 is 49.8 Å². The first kappa shape index (κ1) is 25.3. The van der Waals surface area contributed by atoms with Gasteiger partial charge in [-0.1, -0.05) is 35.6 Å². The predicted molar refractivity (Wildman–Crippen MR) is 149 cm³/mol. The third-order valence-corrected chi connectivity index (χ3v) is 7.59. The number of benzene rings is 3. The number of rotatable bonds is 6. The zero-order valence-electron chi connectivity index (χ0n) is 21.7. The molecule has 1 N–H and O–H groups in total. The Balaban J connectivity index is 1.77. The lowest BCUT2D eigenvalue weighted by Gasteiger charge is -2.24. The second-order valence-electron chi connectivity index (χ2n) is 9.16. The van der Waals surface area contributed by atoms with E-state index in [9.17, 15) is 14.7 Å². The monoisotopic (exact) mass is 529 g/mol. The van der Waals surface area contributed by atoms with Gasteiger partial charge in [0.05, 0.1) is 36.1 Å². The minimum Gasteiger partial charge on any atom is -0.506 e. The number of hydrogen-bond acceptors (Lipinski definition) is 8. The van der Waals surface area contributed by atoms with Crippen molar-refractivity contribution in [3.8, 4) is 11.5 Å². The lowest BCUT2D eigenvalue weighted by atomic mass is 9.94. The van der Waals surface area contributed by atoms with Crippen molar-refractivity contribution in [2.45, 2.75) is 13.0 Å². The molecular formula is C29H27N3O5S. The smallest absolute Gasteiger partial charge is 0.301 e. The Morgan fingerprint density at radius 3 is 2.26 bits per heavy atom. The number of aliphatic hydroxyl groups is 1. The average molecular weight is 530 g/mol. The normalized spacial score (nSPS) is 16.8. The largest absolute Gasteiger partial charge is 0.506 e. The second-order valence-corrected chi connectivity index (χ2v) is 10.2. The molecule has 0 bridgehead atoms. The molecular weight excluding hydrogens is 502 g/mol. The van der Waals surface area contributed by atoms with Crippen LogP contribution in [-0.2, 0) is 9.59 Å². The molecule has 38 heavy (non-hydrogen) atoms. The van der Waals surface area contributed by atoms with E-state index in [4.69, 9.17) is 9.47 Å². The fraction of sp³-hybridized carbons (Fsp3) is 0.207. The first-order valence-electron chi connectivity index (χ1n) is 11.9. The summed E-state index contributed by atoms with van der Waals surface area (Å²) in [5.41, 5.74) is 3.53. The van der Waals surface area contributed by atoms with Crippen molar-refractivity contribution in [2.24, 2.45) is 0 Å². The molecule has 5 rings (SSSR count). The maximum atomic E-state index is 13.6. The molecule has 4 aromatic rings. The van der Waals surface area contributed by atoms with Crippen LogP contribution in [0.4, 0.5) is 10.8 Å². The minimum absolute atomic E-state index is 0.0640. The lowest BCUT2D eigenvalue weighted by Crippen LogP contribution is -2.29. The van der Waals surface area contributed by atoms with Crippen molar-refractivity contribution in [3.05, 3.63) is 82.9 Å². The van der Waals surface area contributed by atoms with E-state index in [1.165, 1.54) is 30.5 Å². The standard InChI is InChI=1S/C29H27N3O5S/c1-16-9-14-19-22(15-16)38-29(30-19)32-25(17-10-12-18(13-11-17)31(2)3)24(27(34)28(32)35)26(33)23-20(36-4)7-6-8-21(23)37-5/h6-15,25,33H,1-5H3/b26-24+. The van der Waals surface area contributed by atoms with Gasteiger partial charge in [-0.2, -0.15) is 0 Å². The Labute approximate surface area is 224 Å². The van der Waals surface area contributed by atoms with Gasteiger partial charge < -0.3 is 19.5 Å². The topological polar surface area (TPSA) is 92.2 Å². The van der Waals surface area contributed by atoms with Crippen molar-refractivity contribution in [1.29, 1.82) is 0 Å². The van der Waals surface area contributed by atoms with Gasteiger partial charge in [-0.3, -0.25) is 14.5 Å². The number of anilines is 2. The van der Waals surface area contributed by atoms with Gasteiger partial charge >= 0.3 is 5.91 Å². The van der Waals surface area contributed by atoms with Crippen molar-refractivity contribution in [3.63, 3.8) is 0 Å². The van der Waals surface area contributed by atoms with Gasteiger partial charge in [-0.25, -0.2) is 4.98 Å². The number of hydrogen-bond donors (Lipinski definition) is 1. The number of carbonyl (C=O) groups is 2. The highest BCUT2D eigenvalue weighted by Gasteiger charge is 2.48. The number of Topliss-reactive ketones (excluding diaryl/α,β-unsaturated/α-hetero) is 1. The summed E-state index contributed by atoms with van der Waals surface area (Å²) in [4.78, 5) is 35.2. The summed E-state index contributed by atoms with van der Waals surface area (Å²) >= 11 is 1.33. The molecule has 9 heteroatoms. The van der Waals surface area contributed by atoms with Crippen LogP contribution in [0.15, 0.2) is 66.2 Å². The van der Waals surface area contributed by atoms with Gasteiger partial charge in [0.1, 0.15) is 22.8 Å². The number of nitrogens with zero attached hydrogens (tertiary/aromatic N) is 3. The summed E-state index contributed by atoms with van der Waals surface area (Å²) in [7, 11) is 6.78. The SMILES string of the molecule is COc1cccc(OC)c1/C(O)=C1\C(=O)C(=O)N(c2nc3ccc(C)cc3s2)C1c1ccc(N(C)C)cc1. The van der Waals surface area contributed by atoms with Crippen LogP contribution >= 0.6 is 11.3 Å². The van der Waals surface area contributed by atoms with Crippen LogP contribution in [0.5, 0.6) is 11.5 Å². The number of fused-ring (bicyclic) bond motifs is 1. The second kappa shape index (κ2) is 9.83. The number of carbonyl (C=O) groups excluding carboxylic acids is 2. The molecule has 1 saturated heterocycles. The molecule has 8 nitrogen and oxygen atoms in total. The summed E-state index contributed by atoms with van der Waals surface area (Å²) in [5, 5.41) is 12.0. The summed E-state index contributed by atoms with van der Waals surface area (Å²) < 4.78 is 11.9. The van der Waals surface area contributed by atoms with Crippen LogP contribution in [0.25, 0.3) is 16.0 Å². The van der Waals surface area contributed by atoms with E-state index in [2.05, 4.69) is 4.98 Å². The zero-order valence-corrected chi connectivity index (χ0v) is 22.5. The van der Waals surface area contributed by atoms with Crippen LogP contribution in [0.2, 0.25) is 0 Å². The van der Waals surface area contributed by atoms with Gasteiger partial charge in [0.25, 0.3) is 5.78 Å². The van der Waals surface area contributed by atoms with Gasteiger partial charge in [0, 0.05) is 19.8 Å². The summed E-state index contributed by atoms with van der Waals surface area (Å²) in [5.74, 6) is -1.33. The summed E-state index contributed by atoms with van der Waals surface area (Å²) in [6, 6.07) is 17.5. The number of methoxy groups -OCH3 is 2. The number of aryl methyl sites for hydroxylation is 1. The highest BCUT2D eigenvalue weighted by molar-refractivity contribution is 7.22. The molecule has 0 aliphatic carbocycles. The number of ether oxygens (including phenoxy) is 2. The molecule has 0 radical (unpaired) electrons. The Morgan fingerprint density at radius 2 is 1.66 bits per heavy atom. The lowest BCUT2D eigenvalue weighted by molar-refractivity contribution is -0.132. The van der Waals surface area contributed by atoms with Crippen molar-refractivity contribution < 1.29 is 24.2 Å². The number of amides is 1. The molecule has 1 amide bonds. The molecule has 194 valence electrons. The fourth-order valence-electron chi connectivity index (χ4n) is 4.64. The van der Waals surface area contributed by atoms with E-state index in [0.29, 0.717) is 22.2 Å². The fourth-order valence-corrected chi connectivity index (χ4v) is 5.73. The van der Waals surface area contributed by atoms with E-state index >= 15 is 0 Å². The first-order chi connectivity index (χ1) is 18.2. The molecule has 1 fully saturated rings. The van der Waals surface area contributed by atoms with E-state index in [0.717, 1.165) is 21.5 Å². The average Bonchev–Trinajstić information content (AvgIpc) is 3.45. The highest BCUT2D eigenvalue weighted by atomic mass is 32.1. The third kappa shape index (κ3) is 4.14. The quantitative estimate of drug-likeness (QED) is 0.205. The number of thiazole rings is 1. The molecule has 1 unspecified atom stereocenters. The van der Waals surface area contributed by atoms with Crippen molar-refractivity contribution in [2.75, 3.05) is 38.1 Å². The van der Waals surface area contributed by atoms with Gasteiger partial charge in [0.2, 0.25) is 0 Å². The predicted octanol–water partition coefficient (Wildman–Crippen LogP) is 5.31. The molecule has 3 aromatic carbocycles. The van der Waals surface area contributed by atoms with Crippen LogP contribution in [0, 0.1) is 6.92 Å². The Morgan fingerprint density at radius 1 is 1.00 bits per heavy atom. The van der Waals surface area contributed by atoms with Crippen LogP contribution in [0.1, 0.15) is 22.7 Å². The van der Waals surface area contributed by atoms with Crippen LogP contribution in [0.3, 0.4) is 0 Å². The maximum Gasteiger partial charge on any atom is 0.301 e. The van der Waals surface area contributed by atoms with E-state index in [1.54, 1.807) is 18.2 Å². The first-order valence-corrected chi connectivity index (χ1v) is 12.7.